The van der Waals surface area contributed by atoms with Gasteiger partial charge in [0.05, 0.1) is 0 Å². The first-order valence-electron chi connectivity index (χ1n) is 4.67. The van der Waals surface area contributed by atoms with E-state index in [1.54, 1.807) is 12.2 Å². The van der Waals surface area contributed by atoms with E-state index in [9.17, 15) is 14.9 Å². The van der Waals surface area contributed by atoms with Crippen molar-refractivity contribution in [2.24, 2.45) is 0 Å². The Labute approximate surface area is 92.5 Å². The quantitative estimate of drug-likeness (QED) is 0.429. The lowest BCUT2D eigenvalue weighted by atomic mass is 10.2. The van der Waals surface area contributed by atoms with Crippen LogP contribution in [0.15, 0.2) is 36.4 Å². The van der Waals surface area contributed by atoms with Crippen LogP contribution in [-0.4, -0.2) is 24.0 Å². The second-order valence-corrected chi connectivity index (χ2v) is 2.99. The van der Waals surface area contributed by atoms with Crippen LogP contribution in [0.3, 0.4) is 0 Å². The van der Waals surface area contributed by atoms with Crippen LogP contribution in [-0.2, 0) is 9.53 Å². The van der Waals surface area contributed by atoms with Gasteiger partial charge in [0.25, 0.3) is 6.54 Å². The fraction of sp³-hybridized carbons (Fsp3) is 0.182. The summed E-state index contributed by atoms with van der Waals surface area (Å²) in [6.45, 7) is -0.749. The number of ether oxygens (including phenoxy) is 1. The SMILES string of the molecule is O=C(C[N+](=O)[O-])OC/C=C/c1ccccc1. The topological polar surface area (TPSA) is 69.4 Å². The summed E-state index contributed by atoms with van der Waals surface area (Å²) < 4.78 is 4.61. The van der Waals surface area contributed by atoms with E-state index in [2.05, 4.69) is 4.74 Å². The zero-order valence-corrected chi connectivity index (χ0v) is 8.54. The molecule has 0 aromatic heterocycles. The number of carbonyl (C=O) groups excluding carboxylic acids is 1. The minimum absolute atomic E-state index is 0.0432. The highest BCUT2D eigenvalue weighted by Crippen LogP contribution is 2.00. The molecule has 5 nitrogen and oxygen atoms in total. The molecule has 0 fully saturated rings. The molecule has 1 aromatic rings. The number of nitrogens with zero attached hydrogens (tertiary/aromatic N) is 1. The van der Waals surface area contributed by atoms with Crippen molar-refractivity contribution < 1.29 is 14.5 Å². The lowest BCUT2D eigenvalue weighted by Gasteiger charge is -1.96. The minimum Gasteiger partial charge on any atom is -0.457 e. The van der Waals surface area contributed by atoms with Gasteiger partial charge in [-0.15, -0.1) is 0 Å². The predicted octanol–water partition coefficient (Wildman–Crippen LogP) is 1.52. The molecule has 0 radical (unpaired) electrons. The molecule has 0 heterocycles. The Balaban J connectivity index is 2.28. The first kappa shape index (κ1) is 11.9. The van der Waals surface area contributed by atoms with Crippen LogP contribution in [0.4, 0.5) is 0 Å². The van der Waals surface area contributed by atoms with Crippen LogP contribution >= 0.6 is 0 Å². The van der Waals surface area contributed by atoms with Crippen molar-refractivity contribution in [3.63, 3.8) is 0 Å². The molecule has 1 aromatic carbocycles. The van der Waals surface area contributed by atoms with E-state index >= 15 is 0 Å². The molecule has 0 saturated carbocycles. The standard InChI is InChI=1S/C11H11NO4/c13-11(9-12(14)15)16-8-4-7-10-5-2-1-3-6-10/h1-7H,8-9H2/b7-4+. The summed E-state index contributed by atoms with van der Waals surface area (Å²) in [6.07, 6.45) is 3.41. The first-order valence-corrected chi connectivity index (χ1v) is 4.67. The van der Waals surface area contributed by atoms with Crippen LogP contribution in [0, 0.1) is 10.1 Å². The second kappa shape index (κ2) is 6.34. The summed E-state index contributed by atoms with van der Waals surface area (Å²) >= 11 is 0. The lowest BCUT2D eigenvalue weighted by molar-refractivity contribution is -0.470. The van der Waals surface area contributed by atoms with Gasteiger partial charge in [0.2, 0.25) is 0 Å². The van der Waals surface area contributed by atoms with Crippen molar-refractivity contribution >= 4 is 12.0 Å². The lowest BCUT2D eigenvalue weighted by Crippen LogP contribution is -2.16. The molecular weight excluding hydrogens is 210 g/mol. The fourth-order valence-corrected chi connectivity index (χ4v) is 1.04. The van der Waals surface area contributed by atoms with Gasteiger partial charge in [0.1, 0.15) is 6.61 Å². The first-order chi connectivity index (χ1) is 7.68. The smallest absolute Gasteiger partial charge is 0.378 e. The minimum atomic E-state index is -0.831. The van der Waals surface area contributed by atoms with E-state index in [0.717, 1.165) is 5.56 Å². The molecule has 0 unspecified atom stereocenters. The summed E-state index contributed by atoms with van der Waals surface area (Å²) in [4.78, 5) is 20.0. The summed E-state index contributed by atoms with van der Waals surface area (Å²) in [5, 5.41) is 9.95. The van der Waals surface area contributed by atoms with Crippen molar-refractivity contribution in [3.8, 4) is 0 Å². The maximum absolute atomic E-state index is 10.8. The molecule has 84 valence electrons. The van der Waals surface area contributed by atoms with Crippen molar-refractivity contribution in [3.05, 3.63) is 52.1 Å². The third kappa shape index (κ3) is 4.90. The third-order valence-electron chi connectivity index (χ3n) is 1.71. The van der Waals surface area contributed by atoms with Gasteiger partial charge in [0.15, 0.2) is 0 Å². The van der Waals surface area contributed by atoms with Gasteiger partial charge in [-0.1, -0.05) is 36.4 Å². The Hall–Kier alpha value is -2.17. The predicted molar refractivity (Wildman–Crippen MR) is 58.3 cm³/mol. The monoisotopic (exact) mass is 221 g/mol. The zero-order valence-electron chi connectivity index (χ0n) is 8.54. The van der Waals surface area contributed by atoms with Crippen LogP contribution in [0.5, 0.6) is 0 Å². The largest absolute Gasteiger partial charge is 0.457 e. The Morgan fingerprint density at radius 2 is 2.06 bits per heavy atom. The van der Waals surface area contributed by atoms with E-state index < -0.39 is 17.4 Å². The fourth-order valence-electron chi connectivity index (χ4n) is 1.04. The number of benzene rings is 1. The summed E-state index contributed by atoms with van der Waals surface area (Å²) in [5.74, 6) is -0.831. The maximum Gasteiger partial charge on any atom is 0.378 e. The van der Waals surface area contributed by atoms with Crippen LogP contribution in [0.1, 0.15) is 5.56 Å². The number of rotatable bonds is 5. The molecule has 0 spiro atoms. The molecule has 16 heavy (non-hydrogen) atoms. The molecule has 0 atom stereocenters. The van der Waals surface area contributed by atoms with Crippen molar-refractivity contribution in [2.75, 3.05) is 13.2 Å². The van der Waals surface area contributed by atoms with Crippen molar-refractivity contribution in [2.45, 2.75) is 0 Å². The van der Waals surface area contributed by atoms with Crippen LogP contribution in [0.25, 0.3) is 6.08 Å². The van der Waals surface area contributed by atoms with E-state index in [0.29, 0.717) is 0 Å². The molecular formula is C11H11NO4. The van der Waals surface area contributed by atoms with Gasteiger partial charge < -0.3 is 4.74 Å². The third-order valence-corrected chi connectivity index (χ3v) is 1.71. The number of carbonyl (C=O) groups is 1. The summed E-state index contributed by atoms with van der Waals surface area (Å²) in [7, 11) is 0. The average molecular weight is 221 g/mol. The Morgan fingerprint density at radius 1 is 1.38 bits per heavy atom. The van der Waals surface area contributed by atoms with Gasteiger partial charge in [-0.05, 0) is 11.6 Å². The van der Waals surface area contributed by atoms with Crippen molar-refractivity contribution in [1.29, 1.82) is 0 Å². The molecule has 0 N–H and O–H groups in total. The molecule has 0 bridgehead atoms. The zero-order chi connectivity index (χ0) is 11.8. The van der Waals surface area contributed by atoms with Gasteiger partial charge in [-0.2, -0.15) is 0 Å². The van der Waals surface area contributed by atoms with E-state index in [1.165, 1.54) is 0 Å². The molecule has 5 heteroatoms. The molecule has 0 amide bonds. The Morgan fingerprint density at radius 3 is 2.69 bits per heavy atom. The average Bonchev–Trinajstić information content (AvgIpc) is 2.25. The van der Waals surface area contributed by atoms with Gasteiger partial charge in [-0.3, -0.25) is 10.1 Å². The molecule has 0 aliphatic carbocycles. The Bertz CT molecular complexity index is 386. The van der Waals surface area contributed by atoms with Crippen LogP contribution in [0.2, 0.25) is 0 Å². The van der Waals surface area contributed by atoms with E-state index in [-0.39, 0.29) is 6.61 Å². The number of hydrogen-bond acceptors (Lipinski definition) is 4. The highest BCUT2D eigenvalue weighted by atomic mass is 16.6. The molecule has 0 aliphatic heterocycles. The maximum atomic E-state index is 10.8. The number of nitro groups is 1. The highest BCUT2D eigenvalue weighted by molar-refractivity contribution is 5.70. The van der Waals surface area contributed by atoms with E-state index in [1.807, 2.05) is 30.3 Å². The molecule has 0 aliphatic rings. The summed E-state index contributed by atoms with van der Waals surface area (Å²) in [5.41, 5.74) is 0.979. The molecule has 0 saturated heterocycles. The van der Waals surface area contributed by atoms with Crippen molar-refractivity contribution in [1.82, 2.24) is 0 Å². The Kier molecular flexibility index (Phi) is 4.72. The van der Waals surface area contributed by atoms with Gasteiger partial charge in [-0.25, -0.2) is 4.79 Å². The van der Waals surface area contributed by atoms with Crippen LogP contribution < -0.4 is 0 Å². The number of hydrogen-bond donors (Lipinski definition) is 0. The number of esters is 1. The second-order valence-electron chi connectivity index (χ2n) is 2.99. The van der Waals surface area contributed by atoms with E-state index in [4.69, 9.17) is 0 Å². The normalized spacial score (nSPS) is 10.2. The highest BCUT2D eigenvalue weighted by Gasteiger charge is 2.08. The summed E-state index contributed by atoms with van der Waals surface area (Å²) in [6, 6.07) is 9.47. The van der Waals surface area contributed by atoms with Gasteiger partial charge >= 0.3 is 5.97 Å². The molecule has 1 rings (SSSR count). The van der Waals surface area contributed by atoms with Gasteiger partial charge in [0, 0.05) is 4.92 Å².